The van der Waals surface area contributed by atoms with E-state index in [4.69, 9.17) is 5.73 Å². The summed E-state index contributed by atoms with van der Waals surface area (Å²) in [5.74, 6) is 0.386. The van der Waals surface area contributed by atoms with Crippen molar-refractivity contribution in [2.75, 3.05) is 5.73 Å². The van der Waals surface area contributed by atoms with Crippen LogP contribution in [0.15, 0.2) is 24.3 Å². The van der Waals surface area contributed by atoms with Crippen LogP contribution < -0.4 is 5.73 Å². The van der Waals surface area contributed by atoms with Gasteiger partial charge in [0.05, 0.1) is 5.56 Å². The molecule has 0 saturated heterocycles. The van der Waals surface area contributed by atoms with Crippen molar-refractivity contribution in [2.24, 2.45) is 5.92 Å². The lowest BCUT2D eigenvalue weighted by molar-refractivity contribution is 0.112. The predicted molar refractivity (Wildman–Crippen MR) is 72.3 cm³/mol. The predicted octanol–water partition coefficient (Wildman–Crippen LogP) is 2.74. The maximum absolute atomic E-state index is 12.9. The molecule has 1 aromatic carbocycles. The van der Waals surface area contributed by atoms with Crippen LogP contribution in [0.2, 0.25) is 0 Å². The Morgan fingerprint density at radius 2 is 2.00 bits per heavy atom. The van der Waals surface area contributed by atoms with Crippen molar-refractivity contribution in [3.8, 4) is 11.3 Å². The van der Waals surface area contributed by atoms with Crippen molar-refractivity contribution in [1.82, 2.24) is 9.78 Å². The van der Waals surface area contributed by atoms with Gasteiger partial charge in [-0.25, -0.2) is 9.07 Å². The van der Waals surface area contributed by atoms with Crippen molar-refractivity contribution in [3.05, 3.63) is 35.6 Å². The summed E-state index contributed by atoms with van der Waals surface area (Å²) in [6.45, 7) is 4.71. The van der Waals surface area contributed by atoms with E-state index in [1.54, 1.807) is 16.8 Å². The SMILES string of the molecule is CC(C)Cn1nc(-c2ccc(F)cc2)c(C=O)c1N. The van der Waals surface area contributed by atoms with Crippen LogP contribution in [0.5, 0.6) is 0 Å². The molecule has 19 heavy (non-hydrogen) atoms. The number of halogens is 1. The Balaban J connectivity index is 2.50. The van der Waals surface area contributed by atoms with Crippen LogP contribution in [0.3, 0.4) is 0 Å². The van der Waals surface area contributed by atoms with E-state index >= 15 is 0 Å². The number of aldehydes is 1. The van der Waals surface area contributed by atoms with Crippen LogP contribution in [0.1, 0.15) is 24.2 Å². The molecular weight excluding hydrogens is 245 g/mol. The molecule has 0 bridgehead atoms. The highest BCUT2D eigenvalue weighted by molar-refractivity contribution is 5.91. The normalized spacial score (nSPS) is 10.9. The molecular formula is C14H16FN3O. The second-order valence-corrected chi connectivity index (χ2v) is 4.85. The highest BCUT2D eigenvalue weighted by Gasteiger charge is 2.17. The van der Waals surface area contributed by atoms with Gasteiger partial charge in [0.25, 0.3) is 0 Å². The van der Waals surface area contributed by atoms with Gasteiger partial charge in [-0.3, -0.25) is 4.79 Å². The van der Waals surface area contributed by atoms with E-state index in [0.717, 1.165) is 0 Å². The van der Waals surface area contributed by atoms with Crippen LogP contribution in [-0.2, 0) is 6.54 Å². The molecule has 0 amide bonds. The van der Waals surface area contributed by atoms with E-state index < -0.39 is 0 Å². The fourth-order valence-electron chi connectivity index (χ4n) is 1.91. The molecule has 0 aliphatic carbocycles. The highest BCUT2D eigenvalue weighted by Crippen LogP contribution is 2.26. The Bertz CT molecular complexity index is 587. The fraction of sp³-hybridized carbons (Fsp3) is 0.286. The Hall–Kier alpha value is -2.17. The number of rotatable bonds is 4. The lowest BCUT2D eigenvalue weighted by Gasteiger charge is -2.06. The van der Waals surface area contributed by atoms with Gasteiger partial charge in [-0.1, -0.05) is 13.8 Å². The molecule has 0 aliphatic heterocycles. The zero-order valence-electron chi connectivity index (χ0n) is 10.9. The van der Waals surface area contributed by atoms with Crippen molar-refractivity contribution in [1.29, 1.82) is 0 Å². The maximum Gasteiger partial charge on any atom is 0.156 e. The second-order valence-electron chi connectivity index (χ2n) is 4.85. The summed E-state index contributed by atoms with van der Waals surface area (Å²) in [4.78, 5) is 11.2. The van der Waals surface area contributed by atoms with Crippen LogP contribution in [0, 0.1) is 11.7 Å². The minimum absolute atomic E-state index is 0.328. The van der Waals surface area contributed by atoms with Crippen LogP contribution in [0.25, 0.3) is 11.3 Å². The van der Waals surface area contributed by atoms with E-state index in [1.165, 1.54) is 12.1 Å². The number of nitrogens with two attached hydrogens (primary N) is 1. The summed E-state index contributed by atoms with van der Waals surface area (Å²) in [6, 6.07) is 5.84. The van der Waals surface area contributed by atoms with E-state index in [-0.39, 0.29) is 5.82 Å². The van der Waals surface area contributed by atoms with Crippen LogP contribution in [0.4, 0.5) is 10.2 Å². The van der Waals surface area contributed by atoms with Gasteiger partial charge in [0.15, 0.2) is 6.29 Å². The number of benzene rings is 1. The maximum atomic E-state index is 12.9. The first-order chi connectivity index (χ1) is 9.02. The quantitative estimate of drug-likeness (QED) is 0.861. The van der Waals surface area contributed by atoms with E-state index in [2.05, 4.69) is 5.10 Å². The molecule has 0 radical (unpaired) electrons. The minimum Gasteiger partial charge on any atom is -0.383 e. The number of carbonyl (C=O) groups excluding carboxylic acids is 1. The largest absolute Gasteiger partial charge is 0.383 e. The second kappa shape index (κ2) is 5.22. The molecule has 1 heterocycles. The standard InChI is InChI=1S/C14H16FN3O/c1-9(2)7-18-14(16)12(8-19)13(17-18)10-3-5-11(15)6-4-10/h3-6,8-9H,7,16H2,1-2H3. The number of nitrogens with zero attached hydrogens (tertiary/aromatic N) is 2. The number of hydrogen-bond donors (Lipinski definition) is 1. The fourth-order valence-corrected chi connectivity index (χ4v) is 1.91. The number of carbonyl (C=O) groups is 1. The summed E-state index contributed by atoms with van der Waals surface area (Å²) in [6.07, 6.45) is 0.692. The summed E-state index contributed by atoms with van der Waals surface area (Å²) >= 11 is 0. The van der Waals surface area contributed by atoms with Crippen LogP contribution >= 0.6 is 0 Å². The van der Waals surface area contributed by atoms with E-state index in [1.807, 2.05) is 13.8 Å². The first kappa shape index (κ1) is 13.3. The van der Waals surface area contributed by atoms with Crippen molar-refractivity contribution >= 4 is 12.1 Å². The Labute approximate surface area is 111 Å². The smallest absolute Gasteiger partial charge is 0.156 e. The first-order valence-corrected chi connectivity index (χ1v) is 6.10. The highest BCUT2D eigenvalue weighted by atomic mass is 19.1. The van der Waals surface area contributed by atoms with Gasteiger partial charge >= 0.3 is 0 Å². The van der Waals surface area contributed by atoms with Crippen molar-refractivity contribution in [3.63, 3.8) is 0 Å². The average molecular weight is 261 g/mol. The number of hydrogen-bond acceptors (Lipinski definition) is 3. The van der Waals surface area contributed by atoms with Gasteiger partial charge in [0.2, 0.25) is 0 Å². The molecule has 2 N–H and O–H groups in total. The molecule has 0 atom stereocenters. The van der Waals surface area contributed by atoms with Gasteiger partial charge in [-0.15, -0.1) is 0 Å². The number of nitrogen functional groups attached to an aromatic ring is 1. The zero-order valence-corrected chi connectivity index (χ0v) is 10.9. The third-order valence-electron chi connectivity index (χ3n) is 2.80. The molecule has 0 saturated carbocycles. The first-order valence-electron chi connectivity index (χ1n) is 6.10. The Kier molecular flexibility index (Phi) is 3.64. The third kappa shape index (κ3) is 2.65. The number of anilines is 1. The van der Waals surface area contributed by atoms with Gasteiger partial charge in [0, 0.05) is 12.1 Å². The molecule has 0 spiro atoms. The molecule has 0 aliphatic rings. The molecule has 5 heteroatoms. The van der Waals surface area contributed by atoms with Gasteiger partial charge < -0.3 is 5.73 Å². The summed E-state index contributed by atoms with van der Waals surface area (Å²) in [5.41, 5.74) is 7.45. The molecule has 2 aromatic rings. The lowest BCUT2D eigenvalue weighted by atomic mass is 10.1. The van der Waals surface area contributed by atoms with Gasteiger partial charge in [-0.05, 0) is 30.2 Å². The Morgan fingerprint density at radius 1 is 1.37 bits per heavy atom. The lowest BCUT2D eigenvalue weighted by Crippen LogP contribution is -2.09. The Morgan fingerprint density at radius 3 is 2.53 bits per heavy atom. The zero-order chi connectivity index (χ0) is 14.0. The third-order valence-corrected chi connectivity index (χ3v) is 2.80. The topological polar surface area (TPSA) is 60.9 Å². The van der Waals surface area contributed by atoms with Crippen molar-refractivity contribution in [2.45, 2.75) is 20.4 Å². The van der Waals surface area contributed by atoms with Crippen molar-refractivity contribution < 1.29 is 9.18 Å². The van der Waals surface area contributed by atoms with Gasteiger partial charge in [0.1, 0.15) is 17.3 Å². The van der Waals surface area contributed by atoms with E-state index in [0.29, 0.717) is 41.4 Å². The molecule has 0 unspecified atom stereocenters. The molecule has 100 valence electrons. The summed E-state index contributed by atoms with van der Waals surface area (Å²) < 4.78 is 14.5. The molecule has 0 fully saturated rings. The molecule has 2 rings (SSSR count). The van der Waals surface area contributed by atoms with Crippen LogP contribution in [-0.4, -0.2) is 16.1 Å². The summed E-state index contributed by atoms with van der Waals surface area (Å²) in [7, 11) is 0. The minimum atomic E-state index is -0.328. The molecule has 4 nitrogen and oxygen atoms in total. The summed E-state index contributed by atoms with van der Waals surface area (Å²) in [5, 5.41) is 4.36. The van der Waals surface area contributed by atoms with E-state index in [9.17, 15) is 9.18 Å². The average Bonchev–Trinajstić information content (AvgIpc) is 2.66. The monoisotopic (exact) mass is 261 g/mol. The van der Waals surface area contributed by atoms with Gasteiger partial charge in [-0.2, -0.15) is 5.10 Å². The number of aromatic nitrogens is 2. The molecule has 1 aromatic heterocycles.